The summed E-state index contributed by atoms with van der Waals surface area (Å²) in [6.07, 6.45) is 0. The lowest BCUT2D eigenvalue weighted by Crippen LogP contribution is -2.47. The second-order valence-corrected chi connectivity index (χ2v) is 3.40. The molecule has 1 radical (unpaired) electrons. The van der Waals surface area contributed by atoms with E-state index in [1.165, 1.54) is 5.56 Å². The van der Waals surface area contributed by atoms with Crippen molar-refractivity contribution in [2.45, 2.75) is 6.54 Å². The van der Waals surface area contributed by atoms with Crippen LogP contribution in [0, 0.1) is 6.07 Å². The average Bonchev–Trinajstić information content (AvgIpc) is 2.23. The molecule has 0 aromatic heterocycles. The fourth-order valence-electron chi connectivity index (χ4n) is 1.56. The number of carbonyl (C=O) groups excluding carboxylic acids is 1. The largest absolute Gasteiger partial charge is 0.336 e. The van der Waals surface area contributed by atoms with Gasteiger partial charge in [0.2, 0.25) is 5.91 Å². The van der Waals surface area contributed by atoms with Gasteiger partial charge >= 0.3 is 0 Å². The highest BCUT2D eigenvalue weighted by Crippen LogP contribution is 2.05. The van der Waals surface area contributed by atoms with E-state index in [0.717, 1.165) is 19.6 Å². The van der Waals surface area contributed by atoms with E-state index in [1.54, 1.807) is 0 Å². The van der Waals surface area contributed by atoms with Crippen molar-refractivity contribution in [1.82, 2.24) is 10.2 Å². The van der Waals surface area contributed by atoms with Gasteiger partial charge in [-0.3, -0.25) is 4.79 Å². The predicted octanol–water partition coefficient (Wildman–Crippen LogP) is 0.419. The summed E-state index contributed by atoms with van der Waals surface area (Å²) in [6.45, 7) is 2.89. The number of hydrogen-bond acceptors (Lipinski definition) is 2. The second kappa shape index (κ2) is 4.24. The molecule has 3 heteroatoms. The number of amides is 1. The molecule has 0 bridgehead atoms. The Kier molecular flexibility index (Phi) is 2.79. The number of benzene rings is 1. The first-order chi connectivity index (χ1) is 6.86. The van der Waals surface area contributed by atoms with Crippen molar-refractivity contribution in [2.75, 3.05) is 19.6 Å². The Morgan fingerprint density at radius 2 is 2.21 bits per heavy atom. The molecule has 73 valence electrons. The number of piperazine rings is 1. The quantitative estimate of drug-likeness (QED) is 0.731. The molecule has 1 aliphatic rings. The number of nitrogens with zero attached hydrogens (tertiary/aromatic N) is 1. The molecule has 1 aromatic rings. The van der Waals surface area contributed by atoms with Gasteiger partial charge in [-0.1, -0.05) is 24.3 Å². The van der Waals surface area contributed by atoms with Crippen LogP contribution in [0.15, 0.2) is 24.3 Å². The smallest absolute Gasteiger partial charge is 0.236 e. The van der Waals surface area contributed by atoms with Crippen LogP contribution in [0.2, 0.25) is 0 Å². The van der Waals surface area contributed by atoms with Crippen LogP contribution in [0.5, 0.6) is 0 Å². The fraction of sp³-hybridized carbons (Fsp3) is 0.364. The summed E-state index contributed by atoms with van der Waals surface area (Å²) < 4.78 is 0. The van der Waals surface area contributed by atoms with Gasteiger partial charge in [0.15, 0.2) is 0 Å². The molecule has 0 saturated carbocycles. The lowest BCUT2D eigenvalue weighted by molar-refractivity contribution is -0.132. The fourth-order valence-corrected chi connectivity index (χ4v) is 1.56. The van der Waals surface area contributed by atoms with E-state index in [9.17, 15) is 4.79 Å². The van der Waals surface area contributed by atoms with Crippen molar-refractivity contribution in [1.29, 1.82) is 0 Å². The molecule has 1 saturated heterocycles. The van der Waals surface area contributed by atoms with Crippen LogP contribution >= 0.6 is 0 Å². The first-order valence-corrected chi connectivity index (χ1v) is 4.80. The standard InChI is InChI=1S/C11H13N2O/c14-11-8-12-6-7-13(11)9-10-4-2-1-3-5-10/h2-5,12H,6-9H2. The summed E-state index contributed by atoms with van der Waals surface area (Å²) in [4.78, 5) is 13.3. The van der Waals surface area contributed by atoms with Crippen LogP contribution < -0.4 is 5.32 Å². The Morgan fingerprint density at radius 3 is 2.93 bits per heavy atom. The second-order valence-electron chi connectivity index (χ2n) is 3.40. The summed E-state index contributed by atoms with van der Waals surface area (Å²) in [5.41, 5.74) is 1.17. The normalized spacial score (nSPS) is 17.1. The molecule has 3 nitrogen and oxygen atoms in total. The van der Waals surface area contributed by atoms with Gasteiger partial charge in [-0.2, -0.15) is 0 Å². The third-order valence-electron chi connectivity index (χ3n) is 2.35. The van der Waals surface area contributed by atoms with Crippen LogP contribution in [0.25, 0.3) is 0 Å². The molecule has 2 rings (SSSR count). The zero-order valence-electron chi connectivity index (χ0n) is 7.99. The van der Waals surface area contributed by atoms with Gasteiger partial charge < -0.3 is 10.2 Å². The molecule has 1 amide bonds. The molecule has 1 aliphatic heterocycles. The molecule has 1 heterocycles. The van der Waals surface area contributed by atoms with Gasteiger partial charge in [-0.05, 0) is 11.6 Å². The molecule has 1 fully saturated rings. The Bertz CT molecular complexity index is 310. The van der Waals surface area contributed by atoms with E-state index in [1.807, 2.05) is 29.2 Å². The first kappa shape index (κ1) is 9.21. The molecule has 1 N–H and O–H groups in total. The summed E-state index contributed by atoms with van der Waals surface area (Å²) in [6, 6.07) is 10.7. The third-order valence-corrected chi connectivity index (χ3v) is 2.35. The van der Waals surface area contributed by atoms with Crippen LogP contribution in [0.3, 0.4) is 0 Å². The topological polar surface area (TPSA) is 32.3 Å². The summed E-state index contributed by atoms with van der Waals surface area (Å²) >= 11 is 0. The Balaban J connectivity index is 2.00. The van der Waals surface area contributed by atoms with Crippen LogP contribution in [-0.2, 0) is 11.3 Å². The Labute approximate surface area is 83.7 Å². The number of rotatable bonds is 2. The maximum Gasteiger partial charge on any atom is 0.236 e. The predicted molar refractivity (Wildman–Crippen MR) is 53.6 cm³/mol. The minimum Gasteiger partial charge on any atom is -0.336 e. The van der Waals surface area contributed by atoms with Gasteiger partial charge in [0, 0.05) is 19.6 Å². The highest BCUT2D eigenvalue weighted by atomic mass is 16.2. The van der Waals surface area contributed by atoms with Gasteiger partial charge in [0.05, 0.1) is 6.54 Å². The highest BCUT2D eigenvalue weighted by molar-refractivity contribution is 5.78. The molecule has 0 atom stereocenters. The molecular formula is C11H13N2O. The van der Waals surface area contributed by atoms with E-state index >= 15 is 0 Å². The lowest BCUT2D eigenvalue weighted by atomic mass is 10.2. The van der Waals surface area contributed by atoms with Crippen LogP contribution in [0.4, 0.5) is 0 Å². The van der Waals surface area contributed by atoms with Crippen molar-refractivity contribution in [3.05, 3.63) is 35.9 Å². The van der Waals surface area contributed by atoms with Gasteiger partial charge in [-0.15, -0.1) is 0 Å². The Morgan fingerprint density at radius 1 is 1.43 bits per heavy atom. The van der Waals surface area contributed by atoms with E-state index < -0.39 is 0 Å². The molecular weight excluding hydrogens is 176 g/mol. The molecule has 0 unspecified atom stereocenters. The van der Waals surface area contributed by atoms with Crippen molar-refractivity contribution < 1.29 is 4.79 Å². The zero-order valence-corrected chi connectivity index (χ0v) is 7.99. The SMILES string of the molecule is O=C1CNCCN1Cc1cc[c]cc1. The third kappa shape index (κ3) is 2.12. The minimum atomic E-state index is 0.184. The van der Waals surface area contributed by atoms with Crippen molar-refractivity contribution >= 4 is 5.91 Å². The maximum atomic E-state index is 11.5. The van der Waals surface area contributed by atoms with Crippen molar-refractivity contribution in [3.8, 4) is 0 Å². The summed E-state index contributed by atoms with van der Waals surface area (Å²) in [5.74, 6) is 0.184. The summed E-state index contributed by atoms with van der Waals surface area (Å²) in [5, 5.41) is 3.05. The van der Waals surface area contributed by atoms with E-state index in [4.69, 9.17) is 0 Å². The zero-order chi connectivity index (χ0) is 9.80. The maximum absolute atomic E-state index is 11.5. The lowest BCUT2D eigenvalue weighted by Gasteiger charge is -2.27. The Hall–Kier alpha value is -1.35. The number of carbonyl (C=O) groups is 1. The number of hydrogen-bond donors (Lipinski definition) is 1. The monoisotopic (exact) mass is 189 g/mol. The van der Waals surface area contributed by atoms with E-state index in [2.05, 4.69) is 11.4 Å². The first-order valence-electron chi connectivity index (χ1n) is 4.80. The molecule has 14 heavy (non-hydrogen) atoms. The molecule has 0 spiro atoms. The van der Waals surface area contributed by atoms with Gasteiger partial charge in [0.1, 0.15) is 0 Å². The van der Waals surface area contributed by atoms with Crippen LogP contribution in [0.1, 0.15) is 5.56 Å². The molecule has 0 aliphatic carbocycles. The van der Waals surface area contributed by atoms with Gasteiger partial charge in [-0.25, -0.2) is 0 Å². The number of nitrogens with one attached hydrogen (secondary N) is 1. The minimum absolute atomic E-state index is 0.184. The summed E-state index contributed by atoms with van der Waals surface area (Å²) in [7, 11) is 0. The van der Waals surface area contributed by atoms with Crippen molar-refractivity contribution in [2.24, 2.45) is 0 Å². The highest BCUT2D eigenvalue weighted by Gasteiger charge is 2.16. The van der Waals surface area contributed by atoms with E-state index in [0.29, 0.717) is 6.54 Å². The molecule has 1 aromatic carbocycles. The van der Waals surface area contributed by atoms with Gasteiger partial charge in [0.25, 0.3) is 0 Å². The average molecular weight is 189 g/mol. The van der Waals surface area contributed by atoms with Crippen LogP contribution in [-0.4, -0.2) is 30.4 Å². The van der Waals surface area contributed by atoms with E-state index in [-0.39, 0.29) is 5.91 Å². The van der Waals surface area contributed by atoms with Crippen molar-refractivity contribution in [3.63, 3.8) is 0 Å².